The second kappa shape index (κ2) is 7.35. The van der Waals surface area contributed by atoms with Gasteiger partial charge in [0, 0.05) is 17.2 Å². The predicted molar refractivity (Wildman–Crippen MR) is 108 cm³/mol. The molecule has 0 aliphatic heterocycles. The Hall–Kier alpha value is -2.95. The van der Waals surface area contributed by atoms with Crippen LogP contribution in [0.5, 0.6) is 0 Å². The molecule has 0 saturated heterocycles. The van der Waals surface area contributed by atoms with Crippen molar-refractivity contribution in [1.29, 1.82) is 0 Å². The molecule has 0 radical (unpaired) electrons. The Kier molecular flexibility index (Phi) is 5.13. The van der Waals surface area contributed by atoms with Crippen LogP contribution in [-0.4, -0.2) is 20.7 Å². The summed E-state index contributed by atoms with van der Waals surface area (Å²) in [5.74, 6) is 0.517. The van der Waals surface area contributed by atoms with E-state index in [1.165, 1.54) is 0 Å². The maximum Gasteiger partial charge on any atom is 0.258 e. The largest absolute Gasteiger partial charge is 0.307 e. The number of pyridine rings is 1. The average Bonchev–Trinajstić information content (AvgIpc) is 2.98. The summed E-state index contributed by atoms with van der Waals surface area (Å²) in [6.45, 7) is 10.7. The molecule has 2 aromatic heterocycles. The third kappa shape index (κ3) is 4.42. The third-order valence-corrected chi connectivity index (χ3v) is 4.43. The number of anilines is 1. The van der Waals surface area contributed by atoms with Crippen molar-refractivity contribution < 1.29 is 4.79 Å². The van der Waals surface area contributed by atoms with E-state index in [0.29, 0.717) is 17.9 Å². The zero-order chi connectivity index (χ0) is 19.6. The van der Waals surface area contributed by atoms with Gasteiger partial charge >= 0.3 is 0 Å². The summed E-state index contributed by atoms with van der Waals surface area (Å²) in [6.07, 6.45) is 0. The highest BCUT2D eigenvalue weighted by atomic mass is 16.1. The Morgan fingerprint density at radius 2 is 1.78 bits per heavy atom. The van der Waals surface area contributed by atoms with Gasteiger partial charge in [-0.15, -0.1) is 0 Å². The van der Waals surface area contributed by atoms with Crippen LogP contribution in [-0.2, 0) is 12.0 Å². The molecule has 0 unspecified atom stereocenters. The quantitative estimate of drug-likeness (QED) is 0.744. The number of aryl methyl sites for hydroxylation is 2. The van der Waals surface area contributed by atoms with E-state index in [4.69, 9.17) is 5.10 Å². The molecule has 0 aliphatic carbocycles. The van der Waals surface area contributed by atoms with Gasteiger partial charge in [0.2, 0.25) is 0 Å². The van der Waals surface area contributed by atoms with Gasteiger partial charge in [-0.1, -0.05) is 51.1 Å². The van der Waals surface area contributed by atoms with Crippen LogP contribution in [0, 0.1) is 13.8 Å². The summed E-state index contributed by atoms with van der Waals surface area (Å²) in [6, 6.07) is 15.7. The summed E-state index contributed by atoms with van der Waals surface area (Å²) in [4.78, 5) is 17.2. The molecule has 0 aliphatic rings. The SMILES string of the molecule is Cc1ccc(C(=O)Nc2cc(C(C)(C)C)nn2Cc2ccccc2)c(C)n1. The van der Waals surface area contributed by atoms with Gasteiger partial charge in [0.05, 0.1) is 23.5 Å². The first-order chi connectivity index (χ1) is 12.7. The molecular weight excluding hydrogens is 336 g/mol. The predicted octanol–water partition coefficient (Wildman–Crippen LogP) is 4.49. The van der Waals surface area contributed by atoms with Crippen LogP contribution in [0.15, 0.2) is 48.5 Å². The fourth-order valence-electron chi connectivity index (χ4n) is 2.87. The number of amides is 1. The molecular formula is C22H26N4O. The van der Waals surface area contributed by atoms with Crippen molar-refractivity contribution in [2.45, 2.75) is 46.6 Å². The Bertz CT molecular complexity index is 952. The number of nitrogens with one attached hydrogen (secondary N) is 1. The molecule has 0 atom stereocenters. The lowest BCUT2D eigenvalue weighted by molar-refractivity contribution is 0.102. The lowest BCUT2D eigenvalue weighted by Gasteiger charge is -2.14. The molecule has 3 aromatic rings. The second-order valence-electron chi connectivity index (χ2n) is 7.85. The molecule has 0 fully saturated rings. The van der Waals surface area contributed by atoms with Crippen LogP contribution in [0.1, 0.15) is 53.8 Å². The number of carbonyl (C=O) groups excluding carboxylic acids is 1. The fourth-order valence-corrected chi connectivity index (χ4v) is 2.87. The number of aromatic nitrogens is 3. The molecule has 1 aromatic carbocycles. The highest BCUT2D eigenvalue weighted by molar-refractivity contribution is 6.04. The summed E-state index contributed by atoms with van der Waals surface area (Å²) in [5, 5.41) is 7.77. The summed E-state index contributed by atoms with van der Waals surface area (Å²) in [5.41, 5.74) is 4.15. The molecule has 2 heterocycles. The van der Waals surface area contributed by atoms with E-state index in [0.717, 1.165) is 22.6 Å². The van der Waals surface area contributed by atoms with Crippen LogP contribution in [0.3, 0.4) is 0 Å². The molecule has 140 valence electrons. The van der Waals surface area contributed by atoms with Crippen molar-refractivity contribution in [1.82, 2.24) is 14.8 Å². The van der Waals surface area contributed by atoms with Crippen molar-refractivity contribution in [2.75, 3.05) is 5.32 Å². The molecule has 1 amide bonds. The first-order valence-electron chi connectivity index (χ1n) is 9.12. The van der Waals surface area contributed by atoms with Crippen molar-refractivity contribution in [3.05, 3.63) is 76.7 Å². The van der Waals surface area contributed by atoms with Gasteiger partial charge in [0.15, 0.2) is 0 Å². The van der Waals surface area contributed by atoms with Gasteiger partial charge in [0.25, 0.3) is 5.91 Å². The van der Waals surface area contributed by atoms with E-state index < -0.39 is 0 Å². The number of nitrogens with zero attached hydrogens (tertiary/aromatic N) is 3. The van der Waals surface area contributed by atoms with Gasteiger partial charge in [-0.3, -0.25) is 9.78 Å². The van der Waals surface area contributed by atoms with Crippen LogP contribution >= 0.6 is 0 Å². The molecule has 0 saturated carbocycles. The molecule has 5 heteroatoms. The number of carbonyl (C=O) groups is 1. The van der Waals surface area contributed by atoms with Gasteiger partial charge in [-0.2, -0.15) is 5.10 Å². The van der Waals surface area contributed by atoms with E-state index in [1.807, 2.05) is 54.9 Å². The van der Waals surface area contributed by atoms with E-state index in [-0.39, 0.29) is 11.3 Å². The van der Waals surface area contributed by atoms with Crippen LogP contribution in [0.25, 0.3) is 0 Å². The third-order valence-electron chi connectivity index (χ3n) is 4.43. The minimum Gasteiger partial charge on any atom is -0.307 e. The first-order valence-corrected chi connectivity index (χ1v) is 9.12. The Morgan fingerprint density at radius 1 is 1.07 bits per heavy atom. The monoisotopic (exact) mass is 362 g/mol. The van der Waals surface area contributed by atoms with Crippen molar-refractivity contribution in [2.24, 2.45) is 0 Å². The van der Waals surface area contributed by atoms with Crippen LogP contribution in [0.2, 0.25) is 0 Å². The summed E-state index contributed by atoms with van der Waals surface area (Å²) in [7, 11) is 0. The lowest BCUT2D eigenvalue weighted by atomic mass is 9.92. The molecule has 5 nitrogen and oxygen atoms in total. The molecule has 0 spiro atoms. The standard InChI is InChI=1S/C22H26N4O/c1-15-11-12-18(16(2)23-15)21(27)24-20-13-19(22(3,4)5)25-26(20)14-17-9-7-6-8-10-17/h6-13H,14H2,1-5H3,(H,24,27). The zero-order valence-electron chi connectivity index (χ0n) is 16.6. The van der Waals surface area contributed by atoms with Crippen LogP contribution < -0.4 is 5.32 Å². The number of rotatable bonds is 4. The normalized spacial score (nSPS) is 11.4. The highest BCUT2D eigenvalue weighted by Crippen LogP contribution is 2.25. The number of hydrogen-bond donors (Lipinski definition) is 1. The minimum absolute atomic E-state index is 0.108. The smallest absolute Gasteiger partial charge is 0.258 e. The molecule has 3 rings (SSSR count). The van der Waals surface area contributed by atoms with Crippen LogP contribution in [0.4, 0.5) is 5.82 Å². The van der Waals surface area contributed by atoms with Gasteiger partial charge in [0.1, 0.15) is 5.82 Å². The Morgan fingerprint density at radius 3 is 2.41 bits per heavy atom. The fraction of sp³-hybridized carbons (Fsp3) is 0.318. The van der Waals surface area contributed by atoms with E-state index in [2.05, 4.69) is 43.2 Å². The van der Waals surface area contributed by atoms with Crippen molar-refractivity contribution >= 4 is 11.7 Å². The minimum atomic E-state index is -0.172. The number of hydrogen-bond acceptors (Lipinski definition) is 3. The summed E-state index contributed by atoms with van der Waals surface area (Å²) >= 11 is 0. The van der Waals surface area contributed by atoms with Crippen molar-refractivity contribution in [3.63, 3.8) is 0 Å². The first kappa shape index (κ1) is 18.8. The van der Waals surface area contributed by atoms with Gasteiger partial charge in [-0.05, 0) is 31.5 Å². The molecule has 1 N–H and O–H groups in total. The molecule has 27 heavy (non-hydrogen) atoms. The zero-order valence-corrected chi connectivity index (χ0v) is 16.6. The van der Waals surface area contributed by atoms with E-state index in [1.54, 1.807) is 0 Å². The lowest BCUT2D eigenvalue weighted by Crippen LogP contribution is -2.18. The van der Waals surface area contributed by atoms with Crippen molar-refractivity contribution in [3.8, 4) is 0 Å². The van der Waals surface area contributed by atoms with Gasteiger partial charge in [-0.25, -0.2) is 4.68 Å². The Labute approximate surface area is 160 Å². The second-order valence-corrected chi connectivity index (χ2v) is 7.85. The average molecular weight is 362 g/mol. The Balaban J connectivity index is 1.93. The molecule has 0 bridgehead atoms. The van der Waals surface area contributed by atoms with Gasteiger partial charge < -0.3 is 5.32 Å². The van der Waals surface area contributed by atoms with E-state index >= 15 is 0 Å². The topological polar surface area (TPSA) is 59.8 Å². The maximum absolute atomic E-state index is 12.8. The number of benzene rings is 1. The highest BCUT2D eigenvalue weighted by Gasteiger charge is 2.21. The summed E-state index contributed by atoms with van der Waals surface area (Å²) < 4.78 is 1.85. The maximum atomic E-state index is 12.8. The van der Waals surface area contributed by atoms with E-state index in [9.17, 15) is 4.79 Å².